The summed E-state index contributed by atoms with van der Waals surface area (Å²) in [7, 11) is 0. The summed E-state index contributed by atoms with van der Waals surface area (Å²) < 4.78 is 0. The minimum atomic E-state index is 0.0682. The van der Waals surface area contributed by atoms with Crippen LogP contribution in [0.1, 0.15) is 25.3 Å². The van der Waals surface area contributed by atoms with Crippen LogP contribution in [0.4, 0.5) is 0 Å². The Kier molecular flexibility index (Phi) is 2.00. The molecule has 1 aliphatic heterocycles. The summed E-state index contributed by atoms with van der Waals surface area (Å²) in [6, 6.07) is 7.52. The van der Waals surface area contributed by atoms with Crippen molar-refractivity contribution in [1.29, 1.82) is 0 Å². The molecule has 1 saturated heterocycles. The van der Waals surface area contributed by atoms with Gasteiger partial charge in [-0.25, -0.2) is 0 Å². The van der Waals surface area contributed by atoms with Crippen LogP contribution in [-0.2, 0) is 5.54 Å². The zero-order chi connectivity index (χ0) is 9.31. The first-order chi connectivity index (χ1) is 6.21. The monoisotopic (exact) mass is 177 g/mol. The Bertz CT molecular complexity index is 303. The molecule has 13 heavy (non-hydrogen) atoms. The van der Waals surface area contributed by atoms with E-state index < -0.39 is 0 Å². The van der Waals surface area contributed by atoms with Crippen molar-refractivity contribution in [3.8, 4) is 5.75 Å². The molecule has 0 aromatic heterocycles. The van der Waals surface area contributed by atoms with Gasteiger partial charge in [0, 0.05) is 5.54 Å². The van der Waals surface area contributed by atoms with Crippen molar-refractivity contribution in [1.82, 2.24) is 5.32 Å². The summed E-state index contributed by atoms with van der Waals surface area (Å²) >= 11 is 0. The third kappa shape index (κ3) is 1.54. The van der Waals surface area contributed by atoms with Gasteiger partial charge in [0.1, 0.15) is 5.75 Å². The number of phenolic OH excluding ortho intramolecular Hbond substituents is 1. The van der Waals surface area contributed by atoms with Crippen LogP contribution >= 0.6 is 0 Å². The highest BCUT2D eigenvalue weighted by molar-refractivity contribution is 5.32. The molecule has 2 rings (SSSR count). The molecular weight excluding hydrogens is 162 g/mol. The van der Waals surface area contributed by atoms with E-state index in [0.29, 0.717) is 5.75 Å². The van der Waals surface area contributed by atoms with E-state index in [1.807, 2.05) is 12.1 Å². The SMILES string of the molecule is CC1(c2cccc(O)c2)CCCN1. The van der Waals surface area contributed by atoms with E-state index in [1.165, 1.54) is 12.0 Å². The Morgan fingerprint density at radius 2 is 2.31 bits per heavy atom. The summed E-state index contributed by atoms with van der Waals surface area (Å²) in [6.45, 7) is 3.26. The highest BCUT2D eigenvalue weighted by atomic mass is 16.3. The maximum Gasteiger partial charge on any atom is 0.115 e. The van der Waals surface area contributed by atoms with Gasteiger partial charge in [-0.1, -0.05) is 12.1 Å². The Morgan fingerprint density at radius 1 is 1.46 bits per heavy atom. The molecule has 0 saturated carbocycles. The molecule has 2 N–H and O–H groups in total. The van der Waals surface area contributed by atoms with Gasteiger partial charge in [0.15, 0.2) is 0 Å². The summed E-state index contributed by atoms with van der Waals surface area (Å²) in [5.41, 5.74) is 1.25. The molecule has 1 atom stereocenters. The van der Waals surface area contributed by atoms with Gasteiger partial charge in [0.25, 0.3) is 0 Å². The highest BCUT2D eigenvalue weighted by Gasteiger charge is 2.29. The van der Waals surface area contributed by atoms with Gasteiger partial charge in [-0.15, -0.1) is 0 Å². The van der Waals surface area contributed by atoms with Gasteiger partial charge in [0.2, 0.25) is 0 Å². The molecule has 70 valence electrons. The van der Waals surface area contributed by atoms with Crippen LogP contribution < -0.4 is 5.32 Å². The molecule has 0 aliphatic carbocycles. The quantitative estimate of drug-likeness (QED) is 0.687. The Balaban J connectivity index is 2.33. The van der Waals surface area contributed by atoms with E-state index >= 15 is 0 Å². The molecule has 1 fully saturated rings. The average molecular weight is 177 g/mol. The van der Waals surface area contributed by atoms with Crippen LogP contribution in [0.15, 0.2) is 24.3 Å². The first kappa shape index (κ1) is 8.57. The van der Waals surface area contributed by atoms with E-state index in [4.69, 9.17) is 0 Å². The summed E-state index contributed by atoms with van der Waals surface area (Å²) in [5, 5.41) is 12.8. The lowest BCUT2D eigenvalue weighted by Gasteiger charge is -2.24. The van der Waals surface area contributed by atoms with Gasteiger partial charge in [-0.05, 0) is 44.0 Å². The molecule has 1 aliphatic rings. The lowest BCUT2D eigenvalue weighted by molar-refractivity contribution is 0.426. The summed E-state index contributed by atoms with van der Waals surface area (Å²) in [6.07, 6.45) is 2.36. The molecule has 0 amide bonds. The third-order valence-electron chi connectivity index (χ3n) is 2.85. The van der Waals surface area contributed by atoms with Crippen molar-refractivity contribution in [2.24, 2.45) is 0 Å². The van der Waals surface area contributed by atoms with E-state index in [1.54, 1.807) is 6.07 Å². The fraction of sp³-hybridized carbons (Fsp3) is 0.455. The minimum Gasteiger partial charge on any atom is -0.508 e. The smallest absolute Gasteiger partial charge is 0.115 e. The second kappa shape index (κ2) is 3.04. The third-order valence-corrected chi connectivity index (χ3v) is 2.85. The predicted octanol–water partition coefficient (Wildman–Crippen LogP) is 1.99. The van der Waals surface area contributed by atoms with Crippen molar-refractivity contribution in [2.45, 2.75) is 25.3 Å². The number of aromatic hydroxyl groups is 1. The number of rotatable bonds is 1. The van der Waals surface area contributed by atoms with Crippen LogP contribution in [0.5, 0.6) is 5.75 Å². The molecule has 1 aromatic rings. The van der Waals surface area contributed by atoms with Crippen molar-refractivity contribution in [3.05, 3.63) is 29.8 Å². The van der Waals surface area contributed by atoms with Gasteiger partial charge < -0.3 is 10.4 Å². The van der Waals surface area contributed by atoms with Crippen molar-refractivity contribution < 1.29 is 5.11 Å². The zero-order valence-electron chi connectivity index (χ0n) is 7.88. The Morgan fingerprint density at radius 3 is 2.92 bits per heavy atom. The second-order valence-corrected chi connectivity index (χ2v) is 3.91. The number of benzene rings is 1. The maximum absolute atomic E-state index is 9.36. The van der Waals surface area contributed by atoms with Crippen molar-refractivity contribution in [3.63, 3.8) is 0 Å². The number of phenols is 1. The normalized spacial score (nSPS) is 27.8. The highest BCUT2D eigenvalue weighted by Crippen LogP contribution is 2.31. The first-order valence-corrected chi connectivity index (χ1v) is 4.75. The fourth-order valence-corrected chi connectivity index (χ4v) is 1.99. The average Bonchev–Trinajstić information content (AvgIpc) is 2.54. The van der Waals surface area contributed by atoms with E-state index in [-0.39, 0.29) is 5.54 Å². The molecule has 2 nitrogen and oxygen atoms in total. The number of hydrogen-bond acceptors (Lipinski definition) is 2. The Labute approximate surface area is 78.6 Å². The van der Waals surface area contributed by atoms with Gasteiger partial charge >= 0.3 is 0 Å². The molecule has 0 bridgehead atoms. The molecule has 1 unspecified atom stereocenters. The van der Waals surface area contributed by atoms with Gasteiger partial charge in [0.05, 0.1) is 0 Å². The molecule has 0 radical (unpaired) electrons. The van der Waals surface area contributed by atoms with Crippen LogP contribution in [-0.4, -0.2) is 11.7 Å². The van der Waals surface area contributed by atoms with Crippen LogP contribution in [0, 0.1) is 0 Å². The molecule has 0 spiro atoms. The van der Waals surface area contributed by atoms with Crippen LogP contribution in [0.2, 0.25) is 0 Å². The topological polar surface area (TPSA) is 32.3 Å². The lowest BCUT2D eigenvalue weighted by Crippen LogP contribution is -2.32. The molecule has 1 heterocycles. The molecule has 1 aromatic carbocycles. The van der Waals surface area contributed by atoms with Crippen LogP contribution in [0.25, 0.3) is 0 Å². The largest absolute Gasteiger partial charge is 0.508 e. The van der Waals surface area contributed by atoms with Crippen LogP contribution in [0.3, 0.4) is 0 Å². The predicted molar refractivity (Wildman–Crippen MR) is 52.7 cm³/mol. The maximum atomic E-state index is 9.36. The summed E-state index contributed by atoms with van der Waals surface area (Å²) in [5.74, 6) is 0.354. The number of nitrogens with one attached hydrogen (secondary N) is 1. The second-order valence-electron chi connectivity index (χ2n) is 3.91. The first-order valence-electron chi connectivity index (χ1n) is 4.75. The number of hydrogen-bond donors (Lipinski definition) is 2. The van der Waals surface area contributed by atoms with Crippen molar-refractivity contribution in [2.75, 3.05) is 6.54 Å². The molecular formula is C11H15NO. The molecule has 2 heteroatoms. The Hall–Kier alpha value is -1.02. The van der Waals surface area contributed by atoms with E-state index in [9.17, 15) is 5.11 Å². The summed E-state index contributed by atoms with van der Waals surface area (Å²) in [4.78, 5) is 0. The minimum absolute atomic E-state index is 0.0682. The van der Waals surface area contributed by atoms with Gasteiger partial charge in [-0.2, -0.15) is 0 Å². The fourth-order valence-electron chi connectivity index (χ4n) is 1.99. The van der Waals surface area contributed by atoms with Gasteiger partial charge in [-0.3, -0.25) is 0 Å². The van der Waals surface area contributed by atoms with Crippen molar-refractivity contribution >= 4 is 0 Å². The van der Waals surface area contributed by atoms with E-state index in [0.717, 1.165) is 13.0 Å². The zero-order valence-corrected chi connectivity index (χ0v) is 7.88. The van der Waals surface area contributed by atoms with E-state index in [2.05, 4.69) is 18.3 Å². The lowest BCUT2D eigenvalue weighted by atomic mass is 9.90. The standard InChI is InChI=1S/C11H15NO/c1-11(6-3-7-12-11)9-4-2-5-10(13)8-9/h2,4-5,8,12-13H,3,6-7H2,1H3.